The van der Waals surface area contributed by atoms with E-state index >= 15 is 0 Å². The lowest BCUT2D eigenvalue weighted by molar-refractivity contribution is -0.124. The number of rotatable bonds is 6. The predicted octanol–water partition coefficient (Wildman–Crippen LogP) is 6.06. The van der Waals surface area contributed by atoms with Crippen LogP contribution >= 0.6 is 0 Å². The number of nitrogens with zero attached hydrogens (tertiary/aromatic N) is 2. The Labute approximate surface area is 244 Å². The van der Waals surface area contributed by atoms with Crippen molar-refractivity contribution < 1.29 is 18.0 Å². The number of anilines is 5. The summed E-state index contributed by atoms with van der Waals surface area (Å²) < 4.78 is 28.1. The Kier molecular flexibility index (Phi) is 6.88. The second-order valence-electron chi connectivity index (χ2n) is 10.1. The Morgan fingerprint density at radius 1 is 0.833 bits per heavy atom. The first-order chi connectivity index (χ1) is 20.2. The number of carbonyl (C=O) groups excluding carboxylic acids is 2. The number of nitrogens with one attached hydrogen (secondary N) is 1. The lowest BCUT2D eigenvalue weighted by atomic mass is 10.0. The summed E-state index contributed by atoms with van der Waals surface area (Å²) in [6.07, 6.45) is -0.290. The third-order valence-corrected chi connectivity index (χ3v) is 9.17. The fourth-order valence-electron chi connectivity index (χ4n) is 5.29. The number of para-hydroxylation sites is 2. The van der Waals surface area contributed by atoms with Crippen molar-refractivity contribution in [3.63, 3.8) is 0 Å². The second kappa shape index (κ2) is 10.7. The van der Waals surface area contributed by atoms with Gasteiger partial charge >= 0.3 is 0 Å². The summed E-state index contributed by atoms with van der Waals surface area (Å²) in [5, 5.41) is 4.71. The van der Waals surface area contributed by atoms with Crippen LogP contribution in [0.25, 0.3) is 21.9 Å². The number of amides is 2. The highest BCUT2D eigenvalue weighted by Crippen LogP contribution is 2.41. The van der Waals surface area contributed by atoms with Crippen LogP contribution in [0.2, 0.25) is 0 Å². The summed E-state index contributed by atoms with van der Waals surface area (Å²) in [6.45, 7) is 0. The molecule has 0 saturated heterocycles. The summed E-state index contributed by atoms with van der Waals surface area (Å²) in [5.74, 6) is -0.950. The van der Waals surface area contributed by atoms with E-state index in [-0.39, 0.29) is 24.0 Å². The lowest BCUT2D eigenvalue weighted by Crippen LogP contribution is -2.28. The number of nitrogens with two attached hydrogens (primary N) is 1. The van der Waals surface area contributed by atoms with Gasteiger partial charge in [-0.15, -0.1) is 0 Å². The van der Waals surface area contributed by atoms with Crippen LogP contribution in [-0.4, -0.2) is 27.3 Å². The molecule has 2 amide bonds. The quantitative estimate of drug-likeness (QED) is 0.188. The van der Waals surface area contributed by atoms with E-state index in [1.807, 2.05) is 60.7 Å². The zero-order chi connectivity index (χ0) is 29.4. The van der Waals surface area contributed by atoms with Crippen molar-refractivity contribution in [1.29, 1.82) is 0 Å². The third kappa shape index (κ3) is 4.95. The van der Waals surface area contributed by atoms with Crippen LogP contribution in [0.3, 0.4) is 0 Å². The molecule has 8 nitrogen and oxygen atoms in total. The highest BCUT2D eigenvalue weighted by Gasteiger charge is 2.29. The van der Waals surface area contributed by atoms with Gasteiger partial charge in [-0.1, -0.05) is 78.9 Å². The molecule has 5 aromatic rings. The topological polar surface area (TPSA) is 113 Å². The summed E-state index contributed by atoms with van der Waals surface area (Å²) in [6, 6.07) is 32.9. The third-order valence-electron chi connectivity index (χ3n) is 7.46. The van der Waals surface area contributed by atoms with Crippen molar-refractivity contribution in [3.8, 4) is 11.1 Å². The minimum atomic E-state index is -3.75. The number of nitrogen functional groups attached to an aromatic ring is 1. The van der Waals surface area contributed by atoms with Gasteiger partial charge in [0.25, 0.3) is 0 Å². The van der Waals surface area contributed by atoms with Crippen LogP contribution in [0.1, 0.15) is 12.0 Å². The van der Waals surface area contributed by atoms with Crippen LogP contribution in [-0.2, 0) is 25.4 Å². The van der Waals surface area contributed by atoms with Crippen LogP contribution in [0, 0.1) is 0 Å². The molecule has 1 aliphatic rings. The van der Waals surface area contributed by atoms with Gasteiger partial charge in [0.2, 0.25) is 21.8 Å². The minimum absolute atomic E-state index is 0.235. The van der Waals surface area contributed by atoms with Crippen molar-refractivity contribution in [1.82, 2.24) is 0 Å². The molecule has 0 spiro atoms. The first kappa shape index (κ1) is 27.0. The standard InChI is InChI=1S/C33H28N4O4S/c1-36(42(40,41)21-24-9-3-6-12-28(24)34)29-13-7-5-10-26(29)23-14-17-25(18-15-23)37-30-19-16-22-8-2-4-11-27(22)33(30)35-31(38)20-32(37)39/h2-19H,20-21,34H2,1H3,(H,35,38). The summed E-state index contributed by atoms with van der Waals surface area (Å²) >= 11 is 0. The summed E-state index contributed by atoms with van der Waals surface area (Å²) in [7, 11) is -2.22. The van der Waals surface area contributed by atoms with E-state index in [0.29, 0.717) is 39.6 Å². The largest absolute Gasteiger partial charge is 0.398 e. The Morgan fingerprint density at radius 2 is 1.52 bits per heavy atom. The average molecular weight is 577 g/mol. The Morgan fingerprint density at radius 3 is 2.31 bits per heavy atom. The van der Waals surface area contributed by atoms with Gasteiger partial charge in [0.1, 0.15) is 6.42 Å². The molecule has 0 aromatic heterocycles. The fraction of sp³-hybridized carbons (Fsp3) is 0.0909. The molecule has 9 heteroatoms. The molecular formula is C33H28N4O4S. The van der Waals surface area contributed by atoms with E-state index in [4.69, 9.17) is 5.73 Å². The van der Waals surface area contributed by atoms with Crippen molar-refractivity contribution in [2.75, 3.05) is 27.3 Å². The van der Waals surface area contributed by atoms with Crippen molar-refractivity contribution >= 4 is 61.0 Å². The molecule has 0 radical (unpaired) electrons. The normalized spacial score (nSPS) is 13.4. The molecule has 3 N–H and O–H groups in total. The van der Waals surface area contributed by atoms with E-state index < -0.39 is 10.0 Å². The van der Waals surface area contributed by atoms with Gasteiger partial charge in [0.05, 0.1) is 22.8 Å². The molecule has 42 heavy (non-hydrogen) atoms. The van der Waals surface area contributed by atoms with Gasteiger partial charge in [-0.25, -0.2) is 8.42 Å². The first-order valence-corrected chi connectivity index (χ1v) is 15.0. The smallest absolute Gasteiger partial charge is 0.241 e. The fourth-order valence-corrected chi connectivity index (χ4v) is 6.59. The van der Waals surface area contributed by atoms with E-state index in [2.05, 4.69) is 5.32 Å². The van der Waals surface area contributed by atoms with Crippen LogP contribution < -0.4 is 20.3 Å². The molecule has 0 saturated carbocycles. The monoisotopic (exact) mass is 576 g/mol. The number of hydrogen-bond donors (Lipinski definition) is 2. The predicted molar refractivity (Wildman–Crippen MR) is 168 cm³/mol. The van der Waals surface area contributed by atoms with E-state index in [9.17, 15) is 18.0 Å². The van der Waals surface area contributed by atoms with Crippen LogP contribution in [0.4, 0.5) is 28.4 Å². The molecule has 0 unspecified atom stereocenters. The zero-order valence-corrected chi connectivity index (χ0v) is 23.6. The number of carbonyl (C=O) groups is 2. The van der Waals surface area contributed by atoms with Gasteiger partial charge in [0, 0.05) is 29.4 Å². The molecule has 0 fully saturated rings. The summed E-state index contributed by atoms with van der Waals surface area (Å²) in [5.41, 5.74) is 10.7. The van der Waals surface area contributed by atoms with E-state index in [0.717, 1.165) is 16.3 Å². The average Bonchev–Trinajstić information content (AvgIpc) is 3.12. The molecular weight excluding hydrogens is 548 g/mol. The Bertz CT molecular complexity index is 1960. The van der Waals surface area contributed by atoms with E-state index in [1.54, 1.807) is 53.4 Å². The molecule has 1 aliphatic heterocycles. The van der Waals surface area contributed by atoms with Gasteiger partial charge < -0.3 is 11.1 Å². The van der Waals surface area contributed by atoms with E-state index in [1.165, 1.54) is 11.4 Å². The molecule has 6 rings (SSSR count). The lowest BCUT2D eigenvalue weighted by Gasteiger charge is -2.25. The number of fused-ring (bicyclic) bond motifs is 3. The number of sulfonamides is 1. The number of hydrogen-bond acceptors (Lipinski definition) is 5. The van der Waals surface area contributed by atoms with Crippen molar-refractivity contribution in [3.05, 3.63) is 115 Å². The minimum Gasteiger partial charge on any atom is -0.398 e. The van der Waals surface area contributed by atoms with Crippen LogP contribution in [0.15, 0.2) is 109 Å². The Balaban J connectivity index is 1.36. The second-order valence-corrected chi connectivity index (χ2v) is 12.1. The van der Waals surface area contributed by atoms with Crippen molar-refractivity contribution in [2.24, 2.45) is 0 Å². The SMILES string of the molecule is CN(c1ccccc1-c1ccc(N2C(=O)CC(=O)Nc3c2ccc2ccccc32)cc1)S(=O)(=O)Cc1ccccc1N. The highest BCUT2D eigenvalue weighted by atomic mass is 32.2. The molecule has 0 atom stereocenters. The maximum absolute atomic E-state index is 13.4. The summed E-state index contributed by atoms with van der Waals surface area (Å²) in [4.78, 5) is 27.5. The van der Waals surface area contributed by atoms with Crippen LogP contribution in [0.5, 0.6) is 0 Å². The molecule has 1 heterocycles. The molecule has 5 aromatic carbocycles. The molecule has 210 valence electrons. The van der Waals surface area contributed by atoms with Gasteiger partial charge in [0.15, 0.2) is 0 Å². The Hall–Kier alpha value is -5.15. The molecule has 0 bridgehead atoms. The first-order valence-electron chi connectivity index (χ1n) is 13.4. The van der Waals surface area contributed by atoms with Gasteiger partial charge in [-0.2, -0.15) is 0 Å². The van der Waals surface area contributed by atoms with Gasteiger partial charge in [-0.05, 0) is 46.8 Å². The maximum atomic E-state index is 13.4. The maximum Gasteiger partial charge on any atom is 0.241 e. The number of benzene rings is 5. The highest BCUT2D eigenvalue weighted by molar-refractivity contribution is 7.92. The molecule has 0 aliphatic carbocycles. The van der Waals surface area contributed by atoms with Crippen molar-refractivity contribution in [2.45, 2.75) is 12.2 Å². The zero-order valence-electron chi connectivity index (χ0n) is 22.8. The van der Waals surface area contributed by atoms with Gasteiger partial charge in [-0.3, -0.25) is 18.8 Å².